The zero-order valence-electron chi connectivity index (χ0n) is 14.5. The van der Waals surface area contributed by atoms with Crippen LogP contribution >= 0.6 is 0 Å². The number of hydrogen-bond donors (Lipinski definition) is 0. The van der Waals surface area contributed by atoms with Crippen LogP contribution in [-0.2, 0) is 18.2 Å². The zero-order chi connectivity index (χ0) is 16.4. The van der Waals surface area contributed by atoms with Gasteiger partial charge in [0.2, 0.25) is 0 Å². The average molecular weight is 320 g/mol. The highest BCUT2D eigenvalue weighted by molar-refractivity contribution is 5.95. The molecule has 23 heavy (non-hydrogen) atoms. The Labute approximate surface area is 138 Å². The van der Waals surface area contributed by atoms with Crippen molar-refractivity contribution >= 4 is 5.91 Å². The summed E-state index contributed by atoms with van der Waals surface area (Å²) in [7, 11) is 3.99. The summed E-state index contributed by atoms with van der Waals surface area (Å²) < 4.78 is 7.61. The number of hydrogen-bond acceptors (Lipinski definition) is 4. The second-order valence-electron chi connectivity index (χ2n) is 6.93. The smallest absolute Gasteiger partial charge is 0.257 e. The highest BCUT2D eigenvalue weighted by Gasteiger charge is 2.31. The van der Waals surface area contributed by atoms with E-state index in [1.807, 2.05) is 25.1 Å². The molecule has 6 heteroatoms. The number of carbonyl (C=O) groups excluding carboxylic acids is 1. The number of morpholine rings is 1. The van der Waals surface area contributed by atoms with Crippen molar-refractivity contribution in [3.8, 4) is 0 Å². The lowest BCUT2D eigenvalue weighted by Gasteiger charge is -2.34. The molecule has 2 heterocycles. The van der Waals surface area contributed by atoms with Crippen LogP contribution < -0.4 is 0 Å². The third-order valence-electron chi connectivity index (χ3n) is 4.70. The topological polar surface area (TPSA) is 50.6 Å². The van der Waals surface area contributed by atoms with Crippen molar-refractivity contribution in [2.75, 3.05) is 39.8 Å². The van der Waals surface area contributed by atoms with Gasteiger partial charge in [-0.05, 0) is 32.2 Å². The Hall–Kier alpha value is -1.40. The van der Waals surface area contributed by atoms with E-state index in [9.17, 15) is 4.79 Å². The van der Waals surface area contributed by atoms with Crippen molar-refractivity contribution in [1.82, 2.24) is 19.6 Å². The number of carbonyl (C=O) groups is 1. The quantitative estimate of drug-likeness (QED) is 0.789. The number of aryl methyl sites for hydroxylation is 2. The largest absolute Gasteiger partial charge is 0.374 e. The van der Waals surface area contributed by atoms with E-state index in [2.05, 4.69) is 17.0 Å². The van der Waals surface area contributed by atoms with Crippen LogP contribution in [0.15, 0.2) is 6.20 Å². The van der Waals surface area contributed by atoms with Crippen LogP contribution in [0.5, 0.6) is 0 Å². The molecule has 0 bridgehead atoms. The zero-order valence-corrected chi connectivity index (χ0v) is 14.5. The Bertz CT molecular complexity index is 553. The molecular weight excluding hydrogens is 292 g/mol. The molecule has 6 nitrogen and oxygen atoms in total. The van der Waals surface area contributed by atoms with Gasteiger partial charge >= 0.3 is 0 Å². The number of nitrogens with zero attached hydrogens (tertiary/aromatic N) is 4. The first-order chi connectivity index (χ1) is 11.1. The standard InChI is InChI=1S/C17H28N4O2/c1-4-16-15(12-20(3)18-16)17(22)21(9-13-5-6-13)11-14-10-19(2)7-8-23-14/h12-14H,4-11H2,1-3H3/t14-/m1/s1. The molecule has 1 atom stereocenters. The van der Waals surface area contributed by atoms with Crippen LogP contribution in [0, 0.1) is 5.92 Å². The average Bonchev–Trinajstić information content (AvgIpc) is 3.26. The summed E-state index contributed by atoms with van der Waals surface area (Å²) in [5, 5.41) is 4.42. The Morgan fingerprint density at radius 3 is 2.83 bits per heavy atom. The van der Waals surface area contributed by atoms with E-state index < -0.39 is 0 Å². The van der Waals surface area contributed by atoms with Gasteiger partial charge in [-0.3, -0.25) is 9.48 Å². The van der Waals surface area contributed by atoms with E-state index in [1.54, 1.807) is 4.68 Å². The minimum absolute atomic E-state index is 0.109. The molecule has 1 aliphatic carbocycles. The molecule has 0 spiro atoms. The molecule has 0 aromatic carbocycles. The van der Waals surface area contributed by atoms with E-state index in [0.29, 0.717) is 12.5 Å². The number of amides is 1. The van der Waals surface area contributed by atoms with Gasteiger partial charge in [-0.2, -0.15) is 5.10 Å². The highest BCUT2D eigenvalue weighted by atomic mass is 16.5. The maximum atomic E-state index is 13.1. The highest BCUT2D eigenvalue weighted by Crippen LogP contribution is 2.30. The summed E-state index contributed by atoms with van der Waals surface area (Å²) >= 11 is 0. The third-order valence-corrected chi connectivity index (χ3v) is 4.70. The molecule has 0 radical (unpaired) electrons. The summed E-state index contributed by atoms with van der Waals surface area (Å²) in [6.45, 7) is 6.18. The second kappa shape index (κ2) is 7.01. The van der Waals surface area contributed by atoms with Gasteiger partial charge in [0, 0.05) is 39.4 Å². The van der Waals surface area contributed by atoms with Gasteiger partial charge < -0.3 is 14.5 Å². The monoisotopic (exact) mass is 320 g/mol. The minimum atomic E-state index is 0.109. The maximum Gasteiger partial charge on any atom is 0.257 e. The number of aromatic nitrogens is 2. The molecule has 2 fully saturated rings. The molecule has 1 aliphatic heterocycles. The first kappa shape index (κ1) is 16.5. The predicted molar refractivity (Wildman–Crippen MR) is 88.5 cm³/mol. The van der Waals surface area contributed by atoms with Gasteiger partial charge in [0.1, 0.15) is 0 Å². The van der Waals surface area contributed by atoms with Crippen molar-refractivity contribution in [1.29, 1.82) is 0 Å². The SMILES string of the molecule is CCc1nn(C)cc1C(=O)N(CC1CC1)C[C@H]1CN(C)CCO1. The Kier molecular flexibility index (Phi) is 5.02. The number of rotatable bonds is 6. The third kappa shape index (κ3) is 4.12. The Morgan fingerprint density at radius 1 is 1.39 bits per heavy atom. The number of likely N-dealkylation sites (N-methyl/N-ethyl adjacent to an activating group) is 1. The molecular formula is C17H28N4O2. The fourth-order valence-electron chi connectivity index (χ4n) is 3.22. The van der Waals surface area contributed by atoms with Gasteiger partial charge in [0.25, 0.3) is 5.91 Å². The second-order valence-corrected chi connectivity index (χ2v) is 6.93. The van der Waals surface area contributed by atoms with Crippen LogP contribution in [0.4, 0.5) is 0 Å². The van der Waals surface area contributed by atoms with E-state index >= 15 is 0 Å². The molecule has 3 rings (SSSR count). The first-order valence-electron chi connectivity index (χ1n) is 8.68. The Morgan fingerprint density at radius 2 is 2.17 bits per heavy atom. The summed E-state index contributed by atoms with van der Waals surface area (Å²) in [6.07, 6.45) is 5.22. The van der Waals surface area contributed by atoms with Gasteiger partial charge in [0.05, 0.1) is 24.0 Å². The molecule has 1 aromatic rings. The van der Waals surface area contributed by atoms with Gasteiger partial charge in [0.15, 0.2) is 0 Å². The van der Waals surface area contributed by atoms with Crippen molar-refractivity contribution in [2.45, 2.75) is 32.3 Å². The molecule has 1 saturated carbocycles. The fourth-order valence-corrected chi connectivity index (χ4v) is 3.22. The van der Waals surface area contributed by atoms with Crippen molar-refractivity contribution in [3.05, 3.63) is 17.5 Å². The van der Waals surface area contributed by atoms with Gasteiger partial charge in [-0.1, -0.05) is 6.92 Å². The van der Waals surface area contributed by atoms with Crippen molar-refractivity contribution in [3.63, 3.8) is 0 Å². The van der Waals surface area contributed by atoms with E-state index in [1.165, 1.54) is 12.8 Å². The first-order valence-corrected chi connectivity index (χ1v) is 8.68. The molecule has 1 aromatic heterocycles. The normalized spacial score (nSPS) is 22.3. The lowest BCUT2D eigenvalue weighted by molar-refractivity contribution is -0.0331. The summed E-state index contributed by atoms with van der Waals surface area (Å²) in [4.78, 5) is 17.3. The van der Waals surface area contributed by atoms with Gasteiger partial charge in [-0.15, -0.1) is 0 Å². The van der Waals surface area contributed by atoms with Gasteiger partial charge in [-0.25, -0.2) is 0 Å². The van der Waals surface area contributed by atoms with Crippen LogP contribution in [0.2, 0.25) is 0 Å². The summed E-state index contributed by atoms with van der Waals surface area (Å²) in [6, 6.07) is 0. The maximum absolute atomic E-state index is 13.1. The lowest BCUT2D eigenvalue weighted by atomic mass is 10.1. The van der Waals surface area contributed by atoms with Crippen LogP contribution in [0.3, 0.4) is 0 Å². The number of ether oxygens (including phenoxy) is 1. The van der Waals surface area contributed by atoms with Crippen LogP contribution in [0.1, 0.15) is 35.8 Å². The molecule has 0 unspecified atom stereocenters. The molecule has 1 amide bonds. The van der Waals surface area contributed by atoms with Crippen LogP contribution in [0.25, 0.3) is 0 Å². The lowest BCUT2D eigenvalue weighted by Crippen LogP contribution is -2.48. The fraction of sp³-hybridized carbons (Fsp3) is 0.765. The molecule has 0 N–H and O–H groups in total. The molecule has 1 saturated heterocycles. The minimum Gasteiger partial charge on any atom is -0.374 e. The summed E-state index contributed by atoms with van der Waals surface area (Å²) in [5.74, 6) is 0.778. The predicted octanol–water partition coefficient (Wildman–Crippen LogP) is 1.17. The van der Waals surface area contributed by atoms with E-state index in [4.69, 9.17) is 4.74 Å². The molecule has 2 aliphatic rings. The Balaban J connectivity index is 1.73. The van der Waals surface area contributed by atoms with Crippen LogP contribution in [-0.4, -0.2) is 71.4 Å². The van der Waals surface area contributed by atoms with E-state index in [-0.39, 0.29) is 12.0 Å². The van der Waals surface area contributed by atoms with E-state index in [0.717, 1.165) is 43.9 Å². The molecule has 128 valence electrons. The van der Waals surface area contributed by atoms with Crippen molar-refractivity contribution in [2.24, 2.45) is 13.0 Å². The van der Waals surface area contributed by atoms with Crippen molar-refractivity contribution < 1.29 is 9.53 Å². The summed E-state index contributed by atoms with van der Waals surface area (Å²) in [5.41, 5.74) is 1.64.